The van der Waals surface area contributed by atoms with Crippen LogP contribution in [0.2, 0.25) is 0 Å². The van der Waals surface area contributed by atoms with Gasteiger partial charge in [0.1, 0.15) is 13.2 Å². The Bertz CT molecular complexity index is 799. The first kappa shape index (κ1) is 18.9. The number of amides is 2. The van der Waals surface area contributed by atoms with E-state index in [1.165, 1.54) is 36.1 Å². The molecule has 0 bridgehead atoms. The summed E-state index contributed by atoms with van der Waals surface area (Å²) in [6.45, 7) is 2.04. The molecule has 3 rings (SSSR count). The molecule has 0 aliphatic carbocycles. The molecule has 1 atom stereocenters. The van der Waals surface area contributed by atoms with Crippen LogP contribution < -0.4 is 15.1 Å². The van der Waals surface area contributed by atoms with Crippen molar-refractivity contribution in [1.29, 1.82) is 0 Å². The second-order valence-corrected chi connectivity index (χ2v) is 6.21. The predicted molar refractivity (Wildman–Crippen MR) is 94.1 cm³/mol. The number of fused-ring (bicyclic) bond motifs is 1. The van der Waals surface area contributed by atoms with E-state index in [1.807, 2.05) is 0 Å². The van der Waals surface area contributed by atoms with Gasteiger partial charge in [0.25, 0.3) is 0 Å². The maximum atomic E-state index is 14.7. The largest absolute Gasteiger partial charge is 0.442 e. The number of carbonyl (C=O) groups is 2. The van der Waals surface area contributed by atoms with Gasteiger partial charge in [-0.1, -0.05) is 12.1 Å². The van der Waals surface area contributed by atoms with E-state index in [2.05, 4.69) is 15.3 Å². The van der Waals surface area contributed by atoms with Crippen LogP contribution in [0.5, 0.6) is 0 Å². The molecule has 0 saturated carbocycles. The maximum absolute atomic E-state index is 14.7. The Morgan fingerprint density at radius 3 is 2.89 bits per heavy atom. The number of anilines is 2. The van der Waals surface area contributed by atoms with Crippen molar-refractivity contribution in [2.45, 2.75) is 25.4 Å². The van der Waals surface area contributed by atoms with E-state index in [0.29, 0.717) is 6.42 Å². The zero-order valence-electron chi connectivity index (χ0n) is 15.2. The Morgan fingerprint density at radius 1 is 1.48 bits per heavy atom. The third-order valence-corrected chi connectivity index (χ3v) is 4.49. The first-order valence-corrected chi connectivity index (χ1v) is 8.42. The number of benzene rings is 1. The standard InChI is InChI=1S/C17H20F2N4O4/c1-4-14(24)20-8-11-9-23(16(25)27-11)10-5-6-13-12(7-10)17(18,19)15(21-26-3)22(13)2/h5-7,11H,4,8-9H2,1-3H3,(H,20,24). The molecule has 10 heteroatoms. The fourth-order valence-corrected chi connectivity index (χ4v) is 3.08. The van der Waals surface area contributed by atoms with E-state index in [-0.39, 0.29) is 35.9 Å². The minimum atomic E-state index is -3.35. The van der Waals surface area contributed by atoms with Crippen molar-refractivity contribution < 1.29 is 27.9 Å². The summed E-state index contributed by atoms with van der Waals surface area (Å²) in [5.41, 5.74) is 0.294. The third-order valence-electron chi connectivity index (χ3n) is 4.49. The summed E-state index contributed by atoms with van der Waals surface area (Å²) in [6.07, 6.45) is -0.871. The monoisotopic (exact) mass is 382 g/mol. The van der Waals surface area contributed by atoms with Crippen LogP contribution in [0.15, 0.2) is 23.4 Å². The fourth-order valence-electron chi connectivity index (χ4n) is 3.08. The molecule has 2 heterocycles. The molecule has 2 aliphatic rings. The van der Waals surface area contributed by atoms with E-state index < -0.39 is 24.0 Å². The molecule has 0 spiro atoms. The number of carbonyl (C=O) groups excluding carboxylic acids is 2. The number of halogens is 2. The van der Waals surface area contributed by atoms with Crippen LogP contribution in [0.4, 0.5) is 25.0 Å². The summed E-state index contributed by atoms with van der Waals surface area (Å²) in [5.74, 6) is -4.04. The number of cyclic esters (lactones) is 1. The molecule has 0 radical (unpaired) electrons. The number of rotatable bonds is 5. The van der Waals surface area contributed by atoms with Crippen LogP contribution in [0, 0.1) is 0 Å². The van der Waals surface area contributed by atoms with Gasteiger partial charge in [0.05, 0.1) is 24.3 Å². The lowest BCUT2D eigenvalue weighted by molar-refractivity contribution is -0.121. The molecule has 0 aromatic heterocycles. The lowest BCUT2D eigenvalue weighted by atomic mass is 10.1. The average molecular weight is 382 g/mol. The van der Waals surface area contributed by atoms with Gasteiger partial charge in [0.15, 0.2) is 0 Å². The minimum Gasteiger partial charge on any atom is -0.442 e. The first-order valence-electron chi connectivity index (χ1n) is 8.42. The summed E-state index contributed by atoms with van der Waals surface area (Å²) in [4.78, 5) is 30.5. The molecular weight excluding hydrogens is 362 g/mol. The van der Waals surface area contributed by atoms with Crippen molar-refractivity contribution in [3.05, 3.63) is 23.8 Å². The molecule has 27 heavy (non-hydrogen) atoms. The molecule has 1 aromatic carbocycles. The minimum absolute atomic E-state index is 0.155. The normalized spacial score (nSPS) is 22.0. The fraction of sp³-hybridized carbons (Fsp3) is 0.471. The Labute approximate surface area is 154 Å². The summed E-state index contributed by atoms with van der Waals surface area (Å²) < 4.78 is 34.6. The Balaban J connectivity index is 1.82. The van der Waals surface area contributed by atoms with E-state index >= 15 is 0 Å². The van der Waals surface area contributed by atoms with Gasteiger partial charge in [0.2, 0.25) is 11.7 Å². The van der Waals surface area contributed by atoms with Crippen molar-refractivity contribution in [2.75, 3.05) is 37.0 Å². The van der Waals surface area contributed by atoms with Gasteiger partial charge in [-0.25, -0.2) is 4.79 Å². The number of amidine groups is 1. The molecule has 146 valence electrons. The van der Waals surface area contributed by atoms with Gasteiger partial charge in [-0.3, -0.25) is 9.69 Å². The highest BCUT2D eigenvalue weighted by molar-refractivity contribution is 6.09. The number of alkyl halides is 2. The topological polar surface area (TPSA) is 83.5 Å². The summed E-state index contributed by atoms with van der Waals surface area (Å²) in [7, 11) is 2.66. The summed E-state index contributed by atoms with van der Waals surface area (Å²) in [5, 5.41) is 6.07. The molecule has 8 nitrogen and oxygen atoms in total. The second kappa shape index (κ2) is 7.01. The number of oxime groups is 1. The maximum Gasteiger partial charge on any atom is 0.414 e. The van der Waals surface area contributed by atoms with Crippen molar-refractivity contribution in [3.8, 4) is 0 Å². The number of likely N-dealkylation sites (N-methyl/N-ethyl adjacent to an activating group) is 1. The van der Waals surface area contributed by atoms with Gasteiger partial charge in [-0.2, -0.15) is 8.78 Å². The van der Waals surface area contributed by atoms with E-state index in [9.17, 15) is 18.4 Å². The van der Waals surface area contributed by atoms with E-state index in [4.69, 9.17) is 4.74 Å². The molecule has 1 fully saturated rings. The second-order valence-electron chi connectivity index (χ2n) is 6.21. The Hall–Kier alpha value is -2.91. The van der Waals surface area contributed by atoms with Gasteiger partial charge < -0.3 is 19.8 Å². The van der Waals surface area contributed by atoms with Crippen LogP contribution in [0.3, 0.4) is 0 Å². The first-order chi connectivity index (χ1) is 12.8. The highest BCUT2D eigenvalue weighted by atomic mass is 19.3. The number of nitrogens with one attached hydrogen (secondary N) is 1. The highest BCUT2D eigenvalue weighted by Crippen LogP contribution is 2.46. The van der Waals surface area contributed by atoms with Crippen LogP contribution >= 0.6 is 0 Å². The van der Waals surface area contributed by atoms with Gasteiger partial charge in [-0.05, 0) is 18.2 Å². The van der Waals surface area contributed by atoms with Crippen LogP contribution in [0.1, 0.15) is 18.9 Å². The lowest BCUT2D eigenvalue weighted by Crippen LogP contribution is -2.34. The third kappa shape index (κ3) is 3.26. The molecule has 1 N–H and O–H groups in total. The predicted octanol–water partition coefficient (Wildman–Crippen LogP) is 2.04. The quantitative estimate of drug-likeness (QED) is 0.788. The van der Waals surface area contributed by atoms with Crippen LogP contribution in [-0.4, -0.2) is 51.2 Å². The highest BCUT2D eigenvalue weighted by Gasteiger charge is 2.50. The molecule has 1 unspecified atom stereocenters. The van der Waals surface area contributed by atoms with Crippen molar-refractivity contribution in [1.82, 2.24) is 5.32 Å². The number of hydrogen-bond acceptors (Lipinski definition) is 5. The molecular formula is C17H20F2N4O4. The Morgan fingerprint density at radius 2 is 2.22 bits per heavy atom. The smallest absolute Gasteiger partial charge is 0.414 e. The van der Waals surface area contributed by atoms with Gasteiger partial charge in [-0.15, -0.1) is 0 Å². The van der Waals surface area contributed by atoms with Crippen LogP contribution in [0.25, 0.3) is 0 Å². The van der Waals surface area contributed by atoms with Crippen LogP contribution in [-0.2, 0) is 20.3 Å². The lowest BCUT2D eigenvalue weighted by Gasteiger charge is -2.16. The van der Waals surface area contributed by atoms with E-state index in [0.717, 1.165) is 0 Å². The number of ether oxygens (including phenoxy) is 1. The van der Waals surface area contributed by atoms with Gasteiger partial charge in [0, 0.05) is 19.2 Å². The molecule has 1 saturated heterocycles. The average Bonchev–Trinajstić information content (AvgIpc) is 3.11. The van der Waals surface area contributed by atoms with E-state index in [1.54, 1.807) is 13.0 Å². The van der Waals surface area contributed by atoms with Gasteiger partial charge >= 0.3 is 12.0 Å². The Kier molecular flexibility index (Phi) is 4.90. The molecule has 2 amide bonds. The summed E-state index contributed by atoms with van der Waals surface area (Å²) in [6, 6.07) is 4.31. The molecule has 1 aromatic rings. The molecule has 2 aliphatic heterocycles. The van der Waals surface area contributed by atoms with Crippen molar-refractivity contribution >= 4 is 29.2 Å². The summed E-state index contributed by atoms with van der Waals surface area (Å²) >= 11 is 0. The van der Waals surface area contributed by atoms with Crippen molar-refractivity contribution in [2.24, 2.45) is 5.16 Å². The SMILES string of the molecule is CCC(=O)NCC1CN(c2ccc3c(c2)C(F)(F)C(=NOC)N3C)C(=O)O1. The number of hydrogen-bond donors (Lipinski definition) is 1. The zero-order valence-corrected chi connectivity index (χ0v) is 15.2. The zero-order chi connectivity index (χ0) is 19.8. The number of nitrogens with zero attached hydrogens (tertiary/aromatic N) is 3. The van der Waals surface area contributed by atoms with Crippen molar-refractivity contribution in [3.63, 3.8) is 0 Å².